The summed E-state index contributed by atoms with van der Waals surface area (Å²) >= 11 is 6.98. The van der Waals surface area contributed by atoms with Crippen molar-refractivity contribution >= 4 is 62.0 Å². The van der Waals surface area contributed by atoms with Crippen LogP contribution in [0.5, 0.6) is 0 Å². The lowest BCUT2D eigenvalue weighted by atomic mass is 10.1. The maximum Gasteiger partial charge on any atom is 0.138 e. The lowest BCUT2D eigenvalue weighted by Gasteiger charge is -2.19. The van der Waals surface area contributed by atoms with Crippen molar-refractivity contribution in [2.75, 3.05) is 8.27 Å². The Hall–Kier alpha value is -0.0100. The van der Waals surface area contributed by atoms with Gasteiger partial charge < -0.3 is 0 Å². The van der Waals surface area contributed by atoms with Gasteiger partial charge in [-0.3, -0.25) is 2.52 Å². The predicted octanol–water partition coefficient (Wildman–Crippen LogP) is 5.61. The second-order valence-electron chi connectivity index (χ2n) is 3.39. The lowest BCUT2D eigenvalue weighted by Crippen LogP contribution is -2.02. The number of hydrogen-bond acceptors (Lipinski definition) is 2. The molecule has 0 aromatic heterocycles. The molecule has 0 atom stereocenters. The molecular formula is C12H12BrFINS. The molecular weight excluding hydrogens is 416 g/mol. The van der Waals surface area contributed by atoms with E-state index in [0.29, 0.717) is 4.47 Å². The van der Waals surface area contributed by atoms with Gasteiger partial charge in [0.05, 0.1) is 33.0 Å². The van der Waals surface area contributed by atoms with E-state index in [1.807, 2.05) is 15.5 Å². The summed E-state index contributed by atoms with van der Waals surface area (Å²) in [6.07, 6.45) is 1.83. The van der Waals surface area contributed by atoms with Gasteiger partial charge in [-0.15, -0.1) is 6.58 Å². The van der Waals surface area contributed by atoms with Crippen LogP contribution < -0.4 is 2.52 Å². The second-order valence-corrected chi connectivity index (χ2v) is 6.82. The molecule has 1 rings (SSSR count). The average molecular weight is 428 g/mol. The van der Waals surface area contributed by atoms with Crippen LogP contribution in [0.15, 0.2) is 35.8 Å². The highest BCUT2D eigenvalue weighted by Gasteiger charge is 2.13. The zero-order chi connectivity index (χ0) is 13.0. The molecule has 0 aliphatic carbocycles. The molecule has 5 heteroatoms. The Morgan fingerprint density at radius 3 is 2.82 bits per heavy atom. The van der Waals surface area contributed by atoms with Crippen molar-refractivity contribution in [1.29, 1.82) is 0 Å². The summed E-state index contributed by atoms with van der Waals surface area (Å²) in [5.74, 6) is 0.526. The van der Waals surface area contributed by atoms with E-state index in [9.17, 15) is 4.39 Å². The molecule has 0 aliphatic heterocycles. The van der Waals surface area contributed by atoms with Gasteiger partial charge in [-0.05, 0) is 52.5 Å². The van der Waals surface area contributed by atoms with Gasteiger partial charge >= 0.3 is 0 Å². The summed E-state index contributed by atoms with van der Waals surface area (Å²) in [5.41, 5.74) is 2.59. The van der Waals surface area contributed by atoms with Crippen LogP contribution in [0, 0.1) is 5.82 Å². The molecule has 1 aromatic carbocycles. The van der Waals surface area contributed by atoms with Gasteiger partial charge in [0, 0.05) is 11.3 Å². The molecule has 1 aromatic rings. The second kappa shape index (κ2) is 6.80. The van der Waals surface area contributed by atoms with Crippen LogP contribution in [0.25, 0.3) is 5.57 Å². The number of halogens is 3. The summed E-state index contributed by atoms with van der Waals surface area (Å²) < 4.78 is 15.9. The van der Waals surface area contributed by atoms with Crippen LogP contribution in [-0.4, -0.2) is 5.75 Å². The van der Waals surface area contributed by atoms with Crippen molar-refractivity contribution in [3.05, 3.63) is 47.2 Å². The fourth-order valence-electron chi connectivity index (χ4n) is 1.21. The van der Waals surface area contributed by atoms with Crippen molar-refractivity contribution in [1.82, 2.24) is 0 Å². The molecule has 1 nitrogen and oxygen atoms in total. The summed E-state index contributed by atoms with van der Waals surface area (Å²) in [7, 11) is 0. The Balaban J connectivity index is 3.15. The molecule has 92 valence electrons. The van der Waals surface area contributed by atoms with E-state index < -0.39 is 0 Å². The quantitative estimate of drug-likeness (QED) is 0.260. The van der Waals surface area contributed by atoms with E-state index in [1.54, 1.807) is 18.0 Å². The highest BCUT2D eigenvalue weighted by Crippen LogP contribution is 2.36. The number of nitrogens with zero attached hydrogens (tertiary/aromatic N) is 1. The molecule has 0 saturated heterocycles. The maximum absolute atomic E-state index is 13.5. The Labute approximate surface area is 128 Å². The summed E-state index contributed by atoms with van der Waals surface area (Å²) in [5, 5.41) is 0. The Bertz CT molecular complexity index is 450. The van der Waals surface area contributed by atoms with Crippen molar-refractivity contribution in [3.63, 3.8) is 0 Å². The monoisotopic (exact) mass is 427 g/mol. The third-order valence-electron chi connectivity index (χ3n) is 1.99. The Morgan fingerprint density at radius 2 is 2.29 bits per heavy atom. The summed E-state index contributed by atoms with van der Waals surface area (Å²) in [6, 6.07) is 3.27. The standard InChI is InChI=1S/C12H12BrFINS/c1-4-5-17-16(15)12-7-10(13)11(14)6-9(12)8(2)3/h4,6-7H,1-2,5H2,3H3. The molecule has 0 saturated carbocycles. The SMILES string of the molecule is C=CCSN(I)c1cc(Br)c(F)cc1C(=C)C. The summed E-state index contributed by atoms with van der Waals surface area (Å²) in [6.45, 7) is 9.43. The van der Waals surface area contributed by atoms with Gasteiger partial charge in [-0.25, -0.2) is 4.39 Å². The topological polar surface area (TPSA) is 3.24 Å². The molecule has 0 radical (unpaired) electrons. The van der Waals surface area contributed by atoms with Crippen molar-refractivity contribution in [2.45, 2.75) is 6.92 Å². The van der Waals surface area contributed by atoms with Crippen molar-refractivity contribution in [3.8, 4) is 0 Å². The number of anilines is 1. The highest BCUT2D eigenvalue weighted by molar-refractivity contribution is 14.1. The minimum absolute atomic E-state index is 0.273. The van der Waals surface area contributed by atoms with E-state index >= 15 is 0 Å². The normalized spacial score (nSPS) is 10.1. The molecule has 0 heterocycles. The van der Waals surface area contributed by atoms with Crippen LogP contribution in [-0.2, 0) is 0 Å². The van der Waals surface area contributed by atoms with E-state index in [2.05, 4.69) is 52.0 Å². The first-order valence-corrected chi connectivity index (χ1v) is 7.52. The fourth-order valence-corrected chi connectivity index (χ4v) is 2.95. The molecule has 0 aliphatic rings. The molecule has 0 spiro atoms. The third kappa shape index (κ3) is 3.99. The van der Waals surface area contributed by atoms with Crippen molar-refractivity contribution < 1.29 is 4.39 Å². The zero-order valence-electron chi connectivity index (χ0n) is 9.34. The summed E-state index contributed by atoms with van der Waals surface area (Å²) in [4.78, 5) is 0. The Morgan fingerprint density at radius 1 is 1.65 bits per heavy atom. The maximum atomic E-state index is 13.5. The highest BCUT2D eigenvalue weighted by atomic mass is 127. The van der Waals surface area contributed by atoms with Crippen LogP contribution in [0.1, 0.15) is 12.5 Å². The van der Waals surface area contributed by atoms with E-state index in [4.69, 9.17) is 0 Å². The number of rotatable bonds is 5. The molecule has 17 heavy (non-hydrogen) atoms. The third-order valence-corrected chi connectivity index (χ3v) is 4.76. The van der Waals surface area contributed by atoms with Gasteiger partial charge in [-0.1, -0.05) is 12.7 Å². The van der Waals surface area contributed by atoms with Gasteiger partial charge in [0.15, 0.2) is 0 Å². The Kier molecular flexibility index (Phi) is 6.02. The first kappa shape index (κ1) is 15.0. The predicted molar refractivity (Wildman–Crippen MR) is 88.0 cm³/mol. The largest absolute Gasteiger partial charge is 0.256 e. The minimum atomic E-state index is -0.273. The average Bonchev–Trinajstić information content (AvgIpc) is 2.28. The number of hydrogen-bond donors (Lipinski definition) is 0. The molecule has 0 fully saturated rings. The van der Waals surface area contributed by atoms with Gasteiger partial charge in [0.2, 0.25) is 0 Å². The van der Waals surface area contributed by atoms with Crippen molar-refractivity contribution in [2.24, 2.45) is 0 Å². The number of allylic oxidation sites excluding steroid dienone is 1. The molecule has 0 amide bonds. The smallest absolute Gasteiger partial charge is 0.138 e. The molecule has 0 bridgehead atoms. The number of benzene rings is 1. The van der Waals surface area contributed by atoms with E-state index in [0.717, 1.165) is 22.6 Å². The van der Waals surface area contributed by atoms with Gasteiger partial charge in [0.1, 0.15) is 5.82 Å². The molecule has 0 unspecified atom stereocenters. The zero-order valence-corrected chi connectivity index (χ0v) is 13.9. The van der Waals surface area contributed by atoms with Gasteiger partial charge in [0.25, 0.3) is 0 Å². The van der Waals surface area contributed by atoms with Crippen LogP contribution in [0.4, 0.5) is 10.1 Å². The van der Waals surface area contributed by atoms with Crippen LogP contribution in [0.2, 0.25) is 0 Å². The van der Waals surface area contributed by atoms with Crippen LogP contribution >= 0.6 is 50.7 Å². The van der Waals surface area contributed by atoms with Gasteiger partial charge in [-0.2, -0.15) is 0 Å². The fraction of sp³-hybridized carbons (Fsp3) is 0.167. The van der Waals surface area contributed by atoms with Crippen LogP contribution in [0.3, 0.4) is 0 Å². The first-order chi connectivity index (χ1) is 7.97. The van der Waals surface area contributed by atoms with E-state index in [1.165, 1.54) is 6.07 Å². The first-order valence-electron chi connectivity index (χ1n) is 4.82. The lowest BCUT2D eigenvalue weighted by molar-refractivity contribution is 0.621. The minimum Gasteiger partial charge on any atom is -0.256 e. The molecule has 0 N–H and O–H groups in total. The van der Waals surface area contributed by atoms with E-state index in [-0.39, 0.29) is 5.82 Å².